The summed E-state index contributed by atoms with van der Waals surface area (Å²) in [7, 11) is 0. The molecular formula is C28H28O16. The van der Waals surface area contributed by atoms with Gasteiger partial charge < -0.3 is 75.5 Å². The van der Waals surface area contributed by atoms with E-state index in [4.69, 9.17) is 14.2 Å². The van der Waals surface area contributed by atoms with E-state index < -0.39 is 113 Å². The second kappa shape index (κ2) is 11.3. The highest BCUT2D eigenvalue weighted by atomic mass is 16.6. The number of hydrogen-bond donors (Lipinski definition) is 12. The molecule has 16 heteroatoms. The third-order valence-electron chi connectivity index (χ3n) is 7.53. The number of rotatable bonds is 5. The molecule has 0 bridgehead atoms. The van der Waals surface area contributed by atoms with Crippen LogP contribution in [0.2, 0.25) is 0 Å². The molecule has 44 heavy (non-hydrogen) atoms. The van der Waals surface area contributed by atoms with Crippen molar-refractivity contribution in [2.45, 2.75) is 49.1 Å². The number of aliphatic hydroxyl groups excluding tert-OH is 4. The number of benzene rings is 3. The fourth-order valence-electron chi connectivity index (χ4n) is 5.25. The number of fused-ring (bicyclic) bond motifs is 1. The number of phenols is 8. The van der Waals surface area contributed by atoms with Gasteiger partial charge in [0.2, 0.25) is 0 Å². The molecule has 2 aliphatic rings. The van der Waals surface area contributed by atoms with Gasteiger partial charge in [-0.05, 0) is 24.3 Å². The zero-order chi connectivity index (χ0) is 32.2. The fourth-order valence-corrected chi connectivity index (χ4v) is 5.25. The summed E-state index contributed by atoms with van der Waals surface area (Å²) in [6, 6.07) is 4.37. The summed E-state index contributed by atoms with van der Waals surface area (Å²) in [6.07, 6.45) is -11.9. The van der Waals surface area contributed by atoms with Gasteiger partial charge in [-0.25, -0.2) is 4.79 Å². The van der Waals surface area contributed by atoms with Gasteiger partial charge in [-0.3, -0.25) is 0 Å². The van der Waals surface area contributed by atoms with Crippen LogP contribution in [0.1, 0.15) is 39.3 Å². The quantitative estimate of drug-likeness (QED) is 0.129. The Morgan fingerprint density at radius 3 is 1.86 bits per heavy atom. The molecule has 0 amide bonds. The minimum Gasteiger partial charge on any atom is -0.507 e. The van der Waals surface area contributed by atoms with Crippen molar-refractivity contribution < 1.29 is 80.3 Å². The van der Waals surface area contributed by atoms with E-state index in [9.17, 15) is 66.1 Å². The maximum Gasteiger partial charge on any atom is 0.338 e. The lowest BCUT2D eigenvalue weighted by Crippen LogP contribution is -2.55. The largest absolute Gasteiger partial charge is 0.507 e. The van der Waals surface area contributed by atoms with Gasteiger partial charge in [0.15, 0.2) is 40.6 Å². The summed E-state index contributed by atoms with van der Waals surface area (Å²) in [4.78, 5) is 13.1. The van der Waals surface area contributed by atoms with Crippen molar-refractivity contribution in [1.82, 2.24) is 0 Å². The molecule has 2 heterocycles. The molecule has 0 aliphatic carbocycles. The number of esters is 1. The van der Waals surface area contributed by atoms with Gasteiger partial charge >= 0.3 is 5.97 Å². The Balaban J connectivity index is 1.62. The maximum atomic E-state index is 13.1. The first-order chi connectivity index (χ1) is 20.7. The number of carbonyl (C=O) groups is 1. The van der Waals surface area contributed by atoms with E-state index in [-0.39, 0.29) is 22.4 Å². The molecule has 3 aromatic rings. The van der Waals surface area contributed by atoms with Crippen LogP contribution in [0.15, 0.2) is 30.3 Å². The van der Waals surface area contributed by atoms with Crippen molar-refractivity contribution in [3.8, 4) is 51.7 Å². The molecule has 16 nitrogen and oxygen atoms in total. The highest BCUT2D eigenvalue weighted by Crippen LogP contribution is 2.52. The molecule has 1 saturated heterocycles. The molecule has 0 saturated carbocycles. The minimum atomic E-state index is -1.89. The first-order valence-electron chi connectivity index (χ1n) is 13.0. The van der Waals surface area contributed by atoms with Crippen LogP contribution >= 0.6 is 0 Å². The highest BCUT2D eigenvalue weighted by molar-refractivity contribution is 5.91. The lowest BCUT2D eigenvalue weighted by molar-refractivity contribution is -0.232. The SMILES string of the molecule is O=C(O[C@@H]1Cc2c(O)cc(O)c([C@@H]3O[C@H](CO)[C@@H](O)[C@H](O)[C@H]3O)c2O[C@H]1c1cc(O)c(O)c(O)c1)c1cc(O)c(O)c(O)c1. The Morgan fingerprint density at radius 2 is 1.30 bits per heavy atom. The third-order valence-corrected chi connectivity index (χ3v) is 7.53. The molecule has 0 spiro atoms. The molecule has 0 unspecified atom stereocenters. The van der Waals surface area contributed by atoms with Gasteiger partial charge in [-0.1, -0.05) is 0 Å². The Bertz CT molecular complexity index is 1560. The topological polar surface area (TPSA) is 288 Å². The van der Waals surface area contributed by atoms with Crippen molar-refractivity contribution >= 4 is 5.97 Å². The second-order valence-corrected chi connectivity index (χ2v) is 10.3. The van der Waals surface area contributed by atoms with Crippen LogP contribution in [-0.2, 0) is 15.9 Å². The number of aliphatic hydroxyl groups is 4. The van der Waals surface area contributed by atoms with Crippen molar-refractivity contribution in [1.29, 1.82) is 0 Å². The summed E-state index contributed by atoms with van der Waals surface area (Å²) < 4.78 is 17.2. The lowest BCUT2D eigenvalue weighted by Gasteiger charge is -2.42. The zero-order valence-corrected chi connectivity index (χ0v) is 22.3. The predicted molar refractivity (Wildman–Crippen MR) is 142 cm³/mol. The molecule has 0 aromatic heterocycles. The van der Waals surface area contributed by atoms with E-state index in [0.29, 0.717) is 0 Å². The first-order valence-corrected chi connectivity index (χ1v) is 13.0. The summed E-state index contributed by atoms with van der Waals surface area (Å²) in [5.74, 6) is -7.88. The highest BCUT2D eigenvalue weighted by Gasteiger charge is 2.48. The fraction of sp³-hybridized carbons (Fsp3) is 0.321. The number of phenolic OH excluding ortho intramolecular Hbond substituents is 8. The van der Waals surface area contributed by atoms with Gasteiger partial charge in [0.05, 0.1) is 17.7 Å². The molecule has 3 aromatic carbocycles. The van der Waals surface area contributed by atoms with Gasteiger partial charge in [0.1, 0.15) is 53.9 Å². The van der Waals surface area contributed by atoms with Crippen LogP contribution < -0.4 is 4.74 Å². The normalized spacial score (nSPS) is 26.4. The van der Waals surface area contributed by atoms with Gasteiger partial charge in [-0.2, -0.15) is 0 Å². The second-order valence-electron chi connectivity index (χ2n) is 10.3. The van der Waals surface area contributed by atoms with Crippen LogP contribution in [0.25, 0.3) is 0 Å². The molecule has 0 radical (unpaired) electrons. The van der Waals surface area contributed by atoms with Crippen molar-refractivity contribution in [2.75, 3.05) is 6.61 Å². The summed E-state index contributed by atoms with van der Waals surface area (Å²) in [5.41, 5.74) is -0.992. The van der Waals surface area contributed by atoms with Crippen molar-refractivity contribution in [3.05, 3.63) is 52.6 Å². The summed E-state index contributed by atoms with van der Waals surface area (Å²) in [6.45, 7) is -0.793. The number of aromatic hydroxyl groups is 8. The predicted octanol–water partition coefficient (Wildman–Crippen LogP) is -0.252. The third kappa shape index (κ3) is 5.14. The lowest BCUT2D eigenvalue weighted by atomic mass is 9.86. The van der Waals surface area contributed by atoms with E-state index in [1.165, 1.54) is 0 Å². The molecule has 1 fully saturated rings. The molecule has 5 rings (SSSR count). The average molecular weight is 621 g/mol. The standard InChI is InChI=1S/C28H28O16/c29-7-18-22(38)23(39)24(40)27(42-18)19-12(31)6-11(30)10-5-17(43-28(41)9-3-15(34)21(37)16(35)4-9)25(44-26(10)19)8-1-13(32)20(36)14(33)2-8/h1-4,6,17-18,22-25,27,29-40H,5,7H2/t17-,18-,22-,23+,24-,25+,27+/m1/s1. The van der Waals surface area contributed by atoms with Gasteiger partial charge in [0, 0.05) is 23.6 Å². The molecule has 7 atom stereocenters. The van der Waals surface area contributed by atoms with E-state index in [2.05, 4.69) is 0 Å². The zero-order valence-electron chi connectivity index (χ0n) is 22.3. The summed E-state index contributed by atoms with van der Waals surface area (Å²) >= 11 is 0. The average Bonchev–Trinajstić information content (AvgIpc) is 2.97. The summed E-state index contributed by atoms with van der Waals surface area (Å²) in [5, 5.41) is 122. The van der Waals surface area contributed by atoms with E-state index >= 15 is 0 Å². The monoisotopic (exact) mass is 620 g/mol. The minimum absolute atomic E-state index is 0.111. The van der Waals surface area contributed by atoms with E-state index in [0.717, 1.165) is 30.3 Å². The van der Waals surface area contributed by atoms with Crippen molar-refractivity contribution in [3.63, 3.8) is 0 Å². The number of ether oxygens (including phenoxy) is 3. The van der Waals surface area contributed by atoms with Crippen LogP contribution in [0.5, 0.6) is 51.7 Å². The number of hydrogen-bond acceptors (Lipinski definition) is 16. The molecular weight excluding hydrogens is 592 g/mol. The van der Waals surface area contributed by atoms with Gasteiger partial charge in [0.25, 0.3) is 0 Å². The molecule has 12 N–H and O–H groups in total. The van der Waals surface area contributed by atoms with Crippen LogP contribution in [0.4, 0.5) is 0 Å². The van der Waals surface area contributed by atoms with E-state index in [1.807, 2.05) is 0 Å². The Labute approximate surface area is 246 Å². The van der Waals surface area contributed by atoms with Crippen LogP contribution in [-0.4, -0.2) is 104 Å². The van der Waals surface area contributed by atoms with Crippen LogP contribution in [0, 0.1) is 0 Å². The molecule has 236 valence electrons. The number of carbonyl (C=O) groups excluding carboxylic acids is 1. The maximum absolute atomic E-state index is 13.1. The van der Waals surface area contributed by atoms with Crippen molar-refractivity contribution in [2.24, 2.45) is 0 Å². The van der Waals surface area contributed by atoms with E-state index in [1.54, 1.807) is 0 Å². The smallest absolute Gasteiger partial charge is 0.338 e. The Morgan fingerprint density at radius 1 is 0.727 bits per heavy atom. The Kier molecular flexibility index (Phi) is 7.87. The Hall–Kier alpha value is -4.87. The molecule has 2 aliphatic heterocycles. The van der Waals surface area contributed by atoms with Gasteiger partial charge in [-0.15, -0.1) is 0 Å². The first kappa shape index (κ1) is 30.6. The van der Waals surface area contributed by atoms with Crippen LogP contribution in [0.3, 0.4) is 0 Å².